The number of hydrogen-bond donors (Lipinski definition) is 1. The summed E-state index contributed by atoms with van der Waals surface area (Å²) in [6.45, 7) is 3.84. The second-order valence-corrected chi connectivity index (χ2v) is 5.20. The Morgan fingerprint density at radius 1 is 1.62 bits per heavy atom. The zero-order valence-corrected chi connectivity index (χ0v) is 10.6. The van der Waals surface area contributed by atoms with Gasteiger partial charge in [-0.2, -0.15) is 0 Å². The van der Waals surface area contributed by atoms with Crippen LogP contribution in [0.25, 0.3) is 0 Å². The highest BCUT2D eigenvalue weighted by molar-refractivity contribution is 7.15. The van der Waals surface area contributed by atoms with Gasteiger partial charge in [0.25, 0.3) is 0 Å². The van der Waals surface area contributed by atoms with Gasteiger partial charge in [0, 0.05) is 19.7 Å². The predicted octanol–water partition coefficient (Wildman–Crippen LogP) is 1.77. The number of ether oxygens (including phenoxy) is 1. The molecule has 0 radical (unpaired) electrons. The zero-order chi connectivity index (χ0) is 11.5. The van der Waals surface area contributed by atoms with E-state index in [9.17, 15) is 5.11 Å². The van der Waals surface area contributed by atoms with Crippen LogP contribution in [0.15, 0.2) is 0 Å². The van der Waals surface area contributed by atoms with Crippen LogP contribution in [0.4, 0.5) is 5.13 Å². The average molecular weight is 242 g/mol. The summed E-state index contributed by atoms with van der Waals surface area (Å²) < 4.78 is 5.09. The summed E-state index contributed by atoms with van der Waals surface area (Å²) in [5, 5.41) is 10.3. The van der Waals surface area contributed by atoms with Crippen molar-refractivity contribution in [2.45, 2.75) is 39.0 Å². The molecule has 0 aromatic carbocycles. The summed E-state index contributed by atoms with van der Waals surface area (Å²) in [5.41, 5.74) is 0.879. The third-order valence-electron chi connectivity index (χ3n) is 2.99. The number of nitrogens with zero attached hydrogens (tertiary/aromatic N) is 2. The molecule has 1 aromatic heterocycles. The third kappa shape index (κ3) is 2.21. The number of aliphatic hydroxyl groups excluding tert-OH is 1. The molecule has 1 aliphatic heterocycles. The van der Waals surface area contributed by atoms with Gasteiger partial charge < -0.3 is 14.7 Å². The zero-order valence-electron chi connectivity index (χ0n) is 9.77. The fourth-order valence-corrected chi connectivity index (χ4v) is 3.13. The van der Waals surface area contributed by atoms with E-state index < -0.39 is 0 Å². The Kier molecular flexibility index (Phi) is 3.78. The van der Waals surface area contributed by atoms with E-state index in [0.29, 0.717) is 12.6 Å². The summed E-state index contributed by atoms with van der Waals surface area (Å²) in [5.74, 6) is 0. The molecule has 0 saturated carbocycles. The van der Waals surface area contributed by atoms with Gasteiger partial charge >= 0.3 is 0 Å². The summed E-state index contributed by atoms with van der Waals surface area (Å²) in [7, 11) is 1.65. The van der Waals surface area contributed by atoms with Crippen molar-refractivity contribution in [3.8, 4) is 0 Å². The van der Waals surface area contributed by atoms with Gasteiger partial charge in [-0.15, -0.1) is 0 Å². The van der Waals surface area contributed by atoms with E-state index in [1.807, 2.05) is 0 Å². The van der Waals surface area contributed by atoms with Gasteiger partial charge in [0.15, 0.2) is 5.13 Å². The number of thiazole rings is 1. The van der Waals surface area contributed by atoms with Crippen molar-refractivity contribution in [3.63, 3.8) is 0 Å². The Balaban J connectivity index is 2.21. The normalized spacial score (nSPS) is 20.7. The number of anilines is 1. The van der Waals surface area contributed by atoms with Gasteiger partial charge in [0.05, 0.1) is 23.8 Å². The summed E-state index contributed by atoms with van der Waals surface area (Å²) in [6.07, 6.45) is 2.46. The Labute approximate surface area is 99.9 Å². The van der Waals surface area contributed by atoms with E-state index in [1.54, 1.807) is 18.4 Å². The van der Waals surface area contributed by atoms with E-state index in [4.69, 9.17) is 4.74 Å². The van der Waals surface area contributed by atoms with Crippen molar-refractivity contribution in [1.29, 1.82) is 0 Å². The third-order valence-corrected chi connectivity index (χ3v) is 4.11. The molecule has 1 N–H and O–H groups in total. The maximum Gasteiger partial charge on any atom is 0.186 e. The van der Waals surface area contributed by atoms with Gasteiger partial charge in [-0.25, -0.2) is 4.98 Å². The topological polar surface area (TPSA) is 45.6 Å². The molecule has 1 aliphatic rings. The van der Waals surface area contributed by atoms with Crippen LogP contribution in [0.5, 0.6) is 0 Å². The maximum atomic E-state index is 9.26. The first kappa shape index (κ1) is 11.8. The summed E-state index contributed by atoms with van der Waals surface area (Å²) >= 11 is 1.59. The molecule has 2 heterocycles. The summed E-state index contributed by atoms with van der Waals surface area (Å²) in [6, 6.07) is 0.563. The SMILES string of the molecule is COCc1nc(N2CCCC2C)sc1CO. The average Bonchev–Trinajstić information content (AvgIpc) is 2.85. The Morgan fingerprint density at radius 2 is 2.44 bits per heavy atom. The van der Waals surface area contributed by atoms with Gasteiger partial charge in [0.1, 0.15) is 0 Å². The van der Waals surface area contributed by atoms with Crippen LogP contribution >= 0.6 is 11.3 Å². The minimum atomic E-state index is 0.0541. The van der Waals surface area contributed by atoms with E-state index in [0.717, 1.165) is 22.2 Å². The molecule has 2 rings (SSSR count). The van der Waals surface area contributed by atoms with Crippen LogP contribution in [-0.2, 0) is 18.0 Å². The fourth-order valence-electron chi connectivity index (χ4n) is 2.08. The largest absolute Gasteiger partial charge is 0.391 e. The molecule has 0 aliphatic carbocycles. The van der Waals surface area contributed by atoms with Gasteiger partial charge in [-0.1, -0.05) is 11.3 Å². The van der Waals surface area contributed by atoms with E-state index >= 15 is 0 Å². The second-order valence-electron chi connectivity index (χ2n) is 4.14. The monoisotopic (exact) mass is 242 g/mol. The number of aromatic nitrogens is 1. The maximum absolute atomic E-state index is 9.26. The standard InChI is InChI=1S/C11H18N2O2S/c1-8-4-3-5-13(8)11-12-9(7-15-2)10(6-14)16-11/h8,14H,3-7H2,1-2H3. The highest BCUT2D eigenvalue weighted by atomic mass is 32.1. The lowest BCUT2D eigenvalue weighted by molar-refractivity contribution is 0.179. The first-order valence-electron chi connectivity index (χ1n) is 5.61. The van der Waals surface area contributed by atoms with Crippen molar-refractivity contribution in [3.05, 3.63) is 10.6 Å². The molecule has 4 nitrogen and oxygen atoms in total. The first-order valence-corrected chi connectivity index (χ1v) is 6.43. The van der Waals surface area contributed by atoms with Crippen LogP contribution in [0.2, 0.25) is 0 Å². The molecular formula is C11H18N2O2S. The minimum absolute atomic E-state index is 0.0541. The van der Waals surface area contributed by atoms with Crippen LogP contribution in [0.1, 0.15) is 30.3 Å². The van der Waals surface area contributed by atoms with E-state index in [-0.39, 0.29) is 6.61 Å². The molecule has 1 atom stereocenters. The van der Waals surface area contributed by atoms with Gasteiger partial charge in [-0.05, 0) is 19.8 Å². The molecule has 0 amide bonds. The molecule has 0 spiro atoms. The highest BCUT2D eigenvalue weighted by Gasteiger charge is 2.24. The predicted molar refractivity (Wildman–Crippen MR) is 64.8 cm³/mol. The molecule has 90 valence electrons. The lowest BCUT2D eigenvalue weighted by atomic mass is 10.2. The van der Waals surface area contributed by atoms with Crippen LogP contribution < -0.4 is 4.90 Å². The Hall–Kier alpha value is -0.650. The van der Waals surface area contributed by atoms with Crippen molar-refractivity contribution >= 4 is 16.5 Å². The fraction of sp³-hybridized carbons (Fsp3) is 0.727. The molecule has 1 unspecified atom stereocenters. The van der Waals surface area contributed by atoms with Gasteiger partial charge in [-0.3, -0.25) is 0 Å². The second kappa shape index (κ2) is 5.12. The van der Waals surface area contributed by atoms with Crippen LogP contribution in [0, 0.1) is 0 Å². The molecule has 1 fully saturated rings. The molecular weight excluding hydrogens is 224 g/mol. The number of hydrogen-bond acceptors (Lipinski definition) is 5. The van der Waals surface area contributed by atoms with Crippen LogP contribution in [-0.4, -0.2) is 29.8 Å². The van der Waals surface area contributed by atoms with Crippen molar-refractivity contribution in [1.82, 2.24) is 4.98 Å². The smallest absolute Gasteiger partial charge is 0.186 e. The quantitative estimate of drug-likeness (QED) is 0.874. The number of rotatable bonds is 4. The van der Waals surface area contributed by atoms with Crippen molar-refractivity contribution < 1.29 is 9.84 Å². The highest BCUT2D eigenvalue weighted by Crippen LogP contribution is 2.31. The van der Waals surface area contributed by atoms with Crippen LogP contribution in [0.3, 0.4) is 0 Å². The number of aliphatic hydroxyl groups is 1. The Bertz CT molecular complexity index is 354. The molecule has 0 bridgehead atoms. The van der Waals surface area contributed by atoms with Gasteiger partial charge in [0.2, 0.25) is 0 Å². The lowest BCUT2D eigenvalue weighted by Crippen LogP contribution is -2.25. The van der Waals surface area contributed by atoms with Crippen molar-refractivity contribution in [2.24, 2.45) is 0 Å². The number of methoxy groups -OCH3 is 1. The summed E-state index contributed by atoms with van der Waals surface area (Å²) in [4.78, 5) is 7.81. The molecule has 16 heavy (non-hydrogen) atoms. The van der Waals surface area contributed by atoms with E-state index in [1.165, 1.54) is 12.8 Å². The molecule has 5 heteroatoms. The Morgan fingerprint density at radius 3 is 3.00 bits per heavy atom. The van der Waals surface area contributed by atoms with E-state index in [2.05, 4.69) is 16.8 Å². The van der Waals surface area contributed by atoms with Crippen molar-refractivity contribution in [2.75, 3.05) is 18.6 Å². The first-order chi connectivity index (χ1) is 7.76. The molecule has 1 saturated heterocycles. The minimum Gasteiger partial charge on any atom is -0.391 e. The lowest BCUT2D eigenvalue weighted by Gasteiger charge is -2.19. The molecule has 1 aromatic rings.